The minimum absolute atomic E-state index is 0.300. The molecule has 0 aliphatic carbocycles. The van der Waals surface area contributed by atoms with Crippen LogP contribution in [0.2, 0.25) is 10.0 Å². The molecule has 0 atom stereocenters. The molecule has 0 aliphatic heterocycles. The summed E-state index contributed by atoms with van der Waals surface area (Å²) in [5, 5.41) is 3.39. The summed E-state index contributed by atoms with van der Waals surface area (Å²) >= 11 is 12.2. The van der Waals surface area contributed by atoms with Crippen molar-refractivity contribution < 1.29 is 9.53 Å². The number of amides is 1. The first kappa shape index (κ1) is 19.3. The number of benzene rings is 1. The maximum Gasteiger partial charge on any atom is 0.255 e. The van der Waals surface area contributed by atoms with E-state index >= 15 is 0 Å². The minimum atomic E-state index is -0.315. The Hall–Kier alpha value is -1.71. The Bertz CT molecular complexity index is 649. The quantitative estimate of drug-likeness (QED) is 0.681. The topological polar surface area (TPSA) is 38.3 Å². The zero-order chi connectivity index (χ0) is 17.6. The van der Waals surface area contributed by atoms with E-state index in [1.807, 2.05) is 33.8 Å². The van der Waals surface area contributed by atoms with Crippen molar-refractivity contribution in [3.05, 3.63) is 63.3 Å². The normalized spacial score (nSPS) is 11.0. The Morgan fingerprint density at radius 3 is 2.26 bits per heavy atom. The Morgan fingerprint density at radius 1 is 1.26 bits per heavy atom. The third-order valence-corrected chi connectivity index (χ3v) is 3.75. The maximum atomic E-state index is 12.4. The van der Waals surface area contributed by atoms with Crippen LogP contribution in [0.1, 0.15) is 38.1 Å². The molecule has 1 N–H and O–H groups in total. The van der Waals surface area contributed by atoms with E-state index in [-0.39, 0.29) is 5.91 Å². The zero-order valence-corrected chi connectivity index (χ0v) is 15.3. The van der Waals surface area contributed by atoms with Crippen LogP contribution in [0, 0.1) is 0 Å². The summed E-state index contributed by atoms with van der Waals surface area (Å²) in [6.45, 7) is 12.0. The predicted octanol–water partition coefficient (Wildman–Crippen LogP) is 5.55. The van der Waals surface area contributed by atoms with Crippen LogP contribution < -0.4 is 10.1 Å². The molecule has 5 heteroatoms. The number of halogens is 2. The highest BCUT2D eigenvalue weighted by Crippen LogP contribution is 2.34. The van der Waals surface area contributed by atoms with E-state index in [1.165, 1.54) is 12.1 Å². The van der Waals surface area contributed by atoms with Crippen LogP contribution >= 0.6 is 23.2 Å². The molecule has 0 heterocycles. The molecule has 0 spiro atoms. The van der Waals surface area contributed by atoms with Crippen LogP contribution in [-0.2, 0) is 0 Å². The molecule has 0 saturated carbocycles. The molecule has 124 valence electrons. The average Bonchev–Trinajstić information content (AvgIpc) is 2.49. The van der Waals surface area contributed by atoms with Gasteiger partial charge in [0.15, 0.2) is 5.75 Å². The van der Waals surface area contributed by atoms with E-state index < -0.39 is 0 Å². The smallest absolute Gasteiger partial charge is 0.255 e. The summed E-state index contributed by atoms with van der Waals surface area (Å²) in [4.78, 5) is 12.4. The molecule has 0 saturated heterocycles. The number of hydrogen-bond acceptors (Lipinski definition) is 2. The van der Waals surface area contributed by atoms with Gasteiger partial charge in [0.05, 0.1) is 16.7 Å². The van der Waals surface area contributed by atoms with Gasteiger partial charge < -0.3 is 10.1 Å². The Kier molecular flexibility index (Phi) is 7.40. The van der Waals surface area contributed by atoms with E-state index in [2.05, 4.69) is 11.9 Å². The van der Waals surface area contributed by atoms with E-state index in [0.717, 1.165) is 11.1 Å². The largest absolute Gasteiger partial charge is 0.491 e. The first-order valence-electron chi connectivity index (χ1n) is 7.21. The summed E-state index contributed by atoms with van der Waals surface area (Å²) < 4.78 is 5.35. The van der Waals surface area contributed by atoms with Crippen molar-refractivity contribution in [3.8, 4) is 5.75 Å². The number of hydrogen-bond donors (Lipinski definition) is 1. The third-order valence-electron chi connectivity index (χ3n) is 3.19. The maximum absolute atomic E-state index is 12.4. The van der Waals surface area contributed by atoms with Crippen molar-refractivity contribution in [1.29, 1.82) is 0 Å². The van der Waals surface area contributed by atoms with Crippen LogP contribution in [0.5, 0.6) is 5.75 Å². The summed E-state index contributed by atoms with van der Waals surface area (Å²) in [5.41, 5.74) is 3.18. The van der Waals surface area contributed by atoms with Crippen LogP contribution in [0.4, 0.5) is 0 Å². The first-order chi connectivity index (χ1) is 10.8. The highest BCUT2D eigenvalue weighted by molar-refractivity contribution is 6.37. The lowest BCUT2D eigenvalue weighted by atomic mass is 10.1. The van der Waals surface area contributed by atoms with Gasteiger partial charge in [-0.05, 0) is 52.0 Å². The minimum Gasteiger partial charge on any atom is -0.491 e. The molecule has 0 unspecified atom stereocenters. The summed E-state index contributed by atoms with van der Waals surface area (Å²) in [6.07, 6.45) is 3.44. The molecule has 0 bridgehead atoms. The first-order valence-corrected chi connectivity index (χ1v) is 7.97. The van der Waals surface area contributed by atoms with Gasteiger partial charge in [-0.3, -0.25) is 4.79 Å². The Morgan fingerprint density at radius 2 is 1.83 bits per heavy atom. The van der Waals surface area contributed by atoms with Gasteiger partial charge in [0.2, 0.25) is 0 Å². The molecule has 1 aromatic carbocycles. The molecule has 1 aromatic rings. The average molecular weight is 354 g/mol. The molecule has 1 amide bonds. The van der Waals surface area contributed by atoms with E-state index in [9.17, 15) is 4.79 Å². The number of rotatable bonds is 6. The lowest BCUT2D eigenvalue weighted by molar-refractivity contribution is 0.0967. The lowest BCUT2D eigenvalue weighted by Crippen LogP contribution is -2.22. The molecule has 0 radical (unpaired) electrons. The SMILES string of the molecule is C=C/C(=C\C(C)=C(C)C)NC(=O)c1cc(Cl)c(OCC)c(Cl)c1. The molecule has 3 nitrogen and oxygen atoms in total. The molecule has 23 heavy (non-hydrogen) atoms. The fourth-order valence-corrected chi connectivity index (χ4v) is 2.30. The number of allylic oxidation sites excluding steroid dienone is 4. The standard InChI is InChI=1S/C18H21Cl2NO2/c1-6-14(8-12(5)11(3)4)21-18(22)13-9-15(19)17(23-7-2)16(20)10-13/h6,8-10H,1,7H2,2-5H3,(H,21,22)/b14-8+. The molecule has 1 rings (SSSR count). The number of ether oxygens (including phenoxy) is 1. The highest BCUT2D eigenvalue weighted by atomic mass is 35.5. The van der Waals surface area contributed by atoms with Crippen LogP contribution in [0.25, 0.3) is 0 Å². The van der Waals surface area contributed by atoms with Crippen LogP contribution in [0.3, 0.4) is 0 Å². The zero-order valence-electron chi connectivity index (χ0n) is 13.8. The van der Waals surface area contributed by atoms with Crippen molar-refractivity contribution in [1.82, 2.24) is 5.32 Å². The van der Waals surface area contributed by atoms with E-state index in [4.69, 9.17) is 27.9 Å². The van der Waals surface area contributed by atoms with Gasteiger partial charge in [0.1, 0.15) is 0 Å². The van der Waals surface area contributed by atoms with Crippen molar-refractivity contribution >= 4 is 29.1 Å². The summed E-state index contributed by atoms with van der Waals surface area (Å²) in [6, 6.07) is 3.06. The van der Waals surface area contributed by atoms with Gasteiger partial charge in [-0.1, -0.05) is 40.9 Å². The van der Waals surface area contributed by atoms with Crippen LogP contribution in [0.15, 0.2) is 47.7 Å². The van der Waals surface area contributed by atoms with E-state index in [0.29, 0.717) is 33.7 Å². The van der Waals surface area contributed by atoms with Crippen molar-refractivity contribution in [2.45, 2.75) is 27.7 Å². The second-order valence-electron chi connectivity index (χ2n) is 5.14. The lowest BCUT2D eigenvalue weighted by Gasteiger charge is -2.11. The Balaban J connectivity index is 3.06. The molecular formula is C18H21Cl2NO2. The summed E-state index contributed by atoms with van der Waals surface area (Å²) in [7, 11) is 0. The predicted molar refractivity (Wildman–Crippen MR) is 97.4 cm³/mol. The molecule has 0 aliphatic rings. The molecular weight excluding hydrogens is 333 g/mol. The second kappa shape index (κ2) is 8.80. The fraction of sp³-hybridized carbons (Fsp3) is 0.278. The van der Waals surface area contributed by atoms with E-state index in [1.54, 1.807) is 6.08 Å². The third kappa shape index (κ3) is 5.45. The van der Waals surface area contributed by atoms with Gasteiger partial charge in [-0.25, -0.2) is 0 Å². The van der Waals surface area contributed by atoms with Gasteiger partial charge >= 0.3 is 0 Å². The summed E-state index contributed by atoms with van der Waals surface area (Å²) in [5.74, 6) is 0.0665. The van der Waals surface area contributed by atoms with Crippen LogP contribution in [-0.4, -0.2) is 12.5 Å². The second-order valence-corrected chi connectivity index (χ2v) is 5.96. The van der Waals surface area contributed by atoms with Gasteiger partial charge in [0, 0.05) is 11.3 Å². The van der Waals surface area contributed by atoms with Crippen molar-refractivity contribution in [2.24, 2.45) is 0 Å². The highest BCUT2D eigenvalue weighted by Gasteiger charge is 2.14. The number of carbonyl (C=O) groups is 1. The Labute approximate surface area is 147 Å². The van der Waals surface area contributed by atoms with Gasteiger partial charge in [-0.15, -0.1) is 0 Å². The number of nitrogens with one attached hydrogen (secondary N) is 1. The number of carbonyl (C=O) groups excluding carboxylic acids is 1. The molecule has 0 fully saturated rings. The van der Waals surface area contributed by atoms with Crippen molar-refractivity contribution in [2.75, 3.05) is 6.61 Å². The van der Waals surface area contributed by atoms with Crippen molar-refractivity contribution in [3.63, 3.8) is 0 Å². The molecule has 0 aromatic heterocycles. The van der Waals surface area contributed by atoms with Gasteiger partial charge in [0.25, 0.3) is 5.91 Å². The monoisotopic (exact) mass is 353 g/mol. The van der Waals surface area contributed by atoms with Gasteiger partial charge in [-0.2, -0.15) is 0 Å². The fourth-order valence-electron chi connectivity index (χ4n) is 1.70.